The van der Waals surface area contributed by atoms with Gasteiger partial charge in [-0.15, -0.1) is 0 Å². The van der Waals surface area contributed by atoms with E-state index in [-0.39, 0.29) is 17.4 Å². The number of hydrogen-bond donors (Lipinski definition) is 0. The molecule has 5 rings (SSSR count). The van der Waals surface area contributed by atoms with E-state index in [1.807, 2.05) is 23.8 Å². The molecule has 0 unspecified atom stereocenters. The van der Waals surface area contributed by atoms with Crippen LogP contribution in [0.5, 0.6) is 0 Å². The number of aromatic nitrogens is 2. The second-order valence-electron chi connectivity index (χ2n) is 11.3. The Balaban J connectivity index is 1.58. The molecule has 2 atom stereocenters. The van der Waals surface area contributed by atoms with Crippen molar-refractivity contribution in [2.24, 2.45) is 22.1 Å². The van der Waals surface area contributed by atoms with Crippen LogP contribution in [0.2, 0.25) is 0 Å². The third-order valence-corrected chi connectivity index (χ3v) is 8.04. The third-order valence-electron chi connectivity index (χ3n) is 8.04. The Morgan fingerprint density at radius 2 is 1.90 bits per heavy atom. The zero-order valence-electron chi connectivity index (χ0n) is 24.3. The molecule has 0 amide bonds. The van der Waals surface area contributed by atoms with Gasteiger partial charge < -0.3 is 9.47 Å². The first-order valence-electron chi connectivity index (χ1n) is 14.1. The Labute approximate surface area is 242 Å². The van der Waals surface area contributed by atoms with Crippen LogP contribution in [0.15, 0.2) is 57.7 Å². The molecular formula is C30H37F3N6O3+. The Bertz CT molecular complexity index is 1520. The van der Waals surface area contributed by atoms with Gasteiger partial charge in [-0.1, -0.05) is 19.1 Å². The molecule has 1 saturated heterocycles. The van der Waals surface area contributed by atoms with E-state index in [4.69, 9.17) is 9.47 Å². The molecule has 2 aliphatic heterocycles. The van der Waals surface area contributed by atoms with Crippen molar-refractivity contribution < 1.29 is 27.2 Å². The van der Waals surface area contributed by atoms with Crippen LogP contribution in [0.4, 0.5) is 13.2 Å². The minimum atomic E-state index is -4.62. The Hall–Kier alpha value is -3.35. The fourth-order valence-electron chi connectivity index (χ4n) is 6.17. The van der Waals surface area contributed by atoms with Crippen LogP contribution in [0, 0.1) is 18.0 Å². The molecule has 225 valence electrons. The summed E-state index contributed by atoms with van der Waals surface area (Å²) in [5, 5.41) is 8.38. The number of benzene rings is 1. The standard InChI is InChI=1S/C30H37F3N6O3/c1-20-7-6-10-37(13-20)14-21-11-25(30(31,32)33)26-16-38(29(40)39(26)15-21)24-9-5-8-22(12-24)27(23(17-41-3)18-42-4)28-35-34-19-36(28)2/h5,8-9,11-12,15-16,19-20,23,27H,6-7,10,13-14,17-18H2,1-4H3/q+1/t20-,27+/m0/s1. The van der Waals surface area contributed by atoms with Crippen molar-refractivity contribution in [1.82, 2.24) is 13.9 Å². The van der Waals surface area contributed by atoms with Crippen molar-refractivity contribution in [2.75, 3.05) is 47.6 Å². The lowest BCUT2D eigenvalue weighted by atomic mass is 9.84. The van der Waals surface area contributed by atoms with E-state index < -0.39 is 17.4 Å². The third kappa shape index (κ3) is 6.20. The van der Waals surface area contributed by atoms with Crippen LogP contribution in [-0.4, -0.2) is 72.4 Å². The van der Waals surface area contributed by atoms with Crippen LogP contribution in [0.1, 0.15) is 42.4 Å². The molecule has 0 bridgehead atoms. The highest BCUT2D eigenvalue weighted by Crippen LogP contribution is 2.38. The van der Waals surface area contributed by atoms with Crippen LogP contribution in [0.3, 0.4) is 0 Å². The van der Waals surface area contributed by atoms with E-state index in [1.54, 1.807) is 38.9 Å². The van der Waals surface area contributed by atoms with E-state index in [1.165, 1.54) is 16.8 Å². The van der Waals surface area contributed by atoms with Crippen LogP contribution >= 0.6 is 0 Å². The largest absolute Gasteiger partial charge is 0.418 e. The molecule has 1 aromatic carbocycles. The lowest BCUT2D eigenvalue weighted by molar-refractivity contribution is -0.480. The molecule has 12 heteroatoms. The van der Waals surface area contributed by atoms with Crippen molar-refractivity contribution in [1.29, 1.82) is 0 Å². The zero-order chi connectivity index (χ0) is 30.0. The maximum atomic E-state index is 14.3. The number of pyridine rings is 1. The van der Waals surface area contributed by atoms with Gasteiger partial charge in [-0.2, -0.15) is 13.2 Å². The molecule has 2 aromatic heterocycles. The van der Waals surface area contributed by atoms with Crippen LogP contribution < -0.4 is 5.69 Å². The van der Waals surface area contributed by atoms with Gasteiger partial charge in [-0.3, -0.25) is 13.9 Å². The minimum Gasteiger partial charge on any atom is -0.384 e. The highest BCUT2D eigenvalue weighted by atomic mass is 19.4. The second-order valence-corrected chi connectivity index (χ2v) is 11.3. The predicted octanol–water partition coefficient (Wildman–Crippen LogP) is 4.96. The number of fused-ring (bicyclic) bond motifs is 1. The number of methoxy groups -OCH3 is 2. The van der Waals surface area contributed by atoms with Gasteiger partial charge in [0.15, 0.2) is 0 Å². The minimum absolute atomic E-state index is 0.139. The summed E-state index contributed by atoms with van der Waals surface area (Å²) in [5.41, 5.74) is 0.135. The lowest BCUT2D eigenvalue weighted by Crippen LogP contribution is -2.34. The number of likely N-dealkylation sites (tertiary alicyclic amines) is 1. The molecule has 0 aliphatic carbocycles. The molecule has 4 heterocycles. The van der Waals surface area contributed by atoms with Gasteiger partial charge in [0.2, 0.25) is 0 Å². The van der Waals surface area contributed by atoms with Crippen molar-refractivity contribution >= 4 is 11.9 Å². The highest BCUT2D eigenvalue weighted by Gasteiger charge is 2.40. The quantitative estimate of drug-likeness (QED) is 0.315. The molecular weight excluding hydrogens is 549 g/mol. The molecule has 9 nitrogen and oxygen atoms in total. The van der Waals surface area contributed by atoms with Crippen molar-refractivity contribution in [3.8, 4) is 5.69 Å². The SMILES string of the molecule is COCC(COC)[C@H]([C]1N=NC=[N+]1C)c1cccc(-n2cc3c(C(F)(F)F)cc(CN4CCC[C@H](C)C4)cn3c2=O)c1. The molecule has 1 fully saturated rings. The maximum Gasteiger partial charge on any atom is 0.418 e. The number of hydrogen-bond acceptors (Lipinski definition) is 6. The van der Waals surface area contributed by atoms with Gasteiger partial charge in [-0.25, -0.2) is 9.37 Å². The number of azo groups is 1. The summed E-state index contributed by atoms with van der Waals surface area (Å²) in [7, 11) is 5.06. The number of imidazole rings is 1. The van der Waals surface area contributed by atoms with Gasteiger partial charge in [0, 0.05) is 45.6 Å². The molecule has 0 N–H and O–H groups in total. The number of halogens is 3. The fraction of sp³-hybridized carbons (Fsp3) is 0.500. The maximum absolute atomic E-state index is 14.3. The van der Waals surface area contributed by atoms with Crippen molar-refractivity contribution in [2.45, 2.75) is 38.4 Å². The first kappa shape index (κ1) is 30.1. The first-order valence-corrected chi connectivity index (χ1v) is 14.1. The predicted molar refractivity (Wildman–Crippen MR) is 152 cm³/mol. The Kier molecular flexibility index (Phi) is 8.95. The molecule has 3 aromatic rings. The number of alkyl halides is 3. The number of likely N-dealkylation sites (N-methyl/N-ethyl adjacent to an activating group) is 1. The highest BCUT2D eigenvalue weighted by molar-refractivity contribution is 5.58. The summed E-state index contributed by atoms with van der Waals surface area (Å²) in [6, 6.07) is 8.39. The number of piperidine rings is 1. The van der Waals surface area contributed by atoms with E-state index in [0.717, 1.165) is 35.9 Å². The molecule has 0 saturated carbocycles. The number of rotatable bonds is 10. The second kappa shape index (κ2) is 12.5. The van der Waals surface area contributed by atoms with E-state index in [0.29, 0.717) is 43.1 Å². The van der Waals surface area contributed by atoms with Gasteiger partial charge in [-0.05, 0) is 59.7 Å². The Morgan fingerprint density at radius 3 is 2.55 bits per heavy atom. The van der Waals surface area contributed by atoms with Gasteiger partial charge in [0.25, 0.3) is 0 Å². The monoisotopic (exact) mass is 586 g/mol. The van der Waals surface area contributed by atoms with Crippen molar-refractivity contribution in [3.05, 3.63) is 76.1 Å². The van der Waals surface area contributed by atoms with Gasteiger partial charge in [0.05, 0.1) is 48.1 Å². The number of ether oxygens (including phenoxy) is 2. The lowest BCUT2D eigenvalue weighted by Gasteiger charge is -2.31. The van der Waals surface area contributed by atoms with Crippen molar-refractivity contribution in [3.63, 3.8) is 0 Å². The summed E-state index contributed by atoms with van der Waals surface area (Å²) < 4.78 is 58.1. The summed E-state index contributed by atoms with van der Waals surface area (Å²) in [5.74, 6) is 0.0348. The molecule has 42 heavy (non-hydrogen) atoms. The summed E-state index contributed by atoms with van der Waals surface area (Å²) in [6.07, 6.45) is 2.59. The Morgan fingerprint density at radius 1 is 1.14 bits per heavy atom. The van der Waals surface area contributed by atoms with E-state index >= 15 is 0 Å². The molecule has 1 radical (unpaired) electrons. The average molecular weight is 587 g/mol. The van der Waals surface area contributed by atoms with Crippen LogP contribution in [-0.2, 0) is 22.2 Å². The van der Waals surface area contributed by atoms with Gasteiger partial charge in [0.1, 0.15) is 0 Å². The number of nitrogens with zero attached hydrogens (tertiary/aromatic N) is 6. The normalized spacial score (nSPS) is 19.2. The average Bonchev–Trinajstić information content (AvgIpc) is 3.51. The first-order chi connectivity index (χ1) is 20.1. The van der Waals surface area contributed by atoms with Crippen LogP contribution in [0.25, 0.3) is 11.2 Å². The molecule has 2 aliphatic rings. The van der Waals surface area contributed by atoms with E-state index in [9.17, 15) is 18.0 Å². The summed E-state index contributed by atoms with van der Waals surface area (Å²) >= 11 is 0. The summed E-state index contributed by atoms with van der Waals surface area (Å²) in [4.78, 5) is 15.8. The zero-order valence-corrected chi connectivity index (χ0v) is 24.3. The smallest absolute Gasteiger partial charge is 0.384 e. The fourth-order valence-corrected chi connectivity index (χ4v) is 6.17. The topological polar surface area (TPSA) is 75.8 Å². The molecule has 0 spiro atoms. The van der Waals surface area contributed by atoms with E-state index in [2.05, 4.69) is 22.1 Å². The summed E-state index contributed by atoms with van der Waals surface area (Å²) in [6.45, 7) is 4.90. The van der Waals surface area contributed by atoms with Gasteiger partial charge >= 0.3 is 24.4 Å².